The largest absolute Gasteiger partial charge is 0.344 e. The zero-order valence-corrected chi connectivity index (χ0v) is 22.7. The highest BCUT2D eigenvalue weighted by molar-refractivity contribution is 6.23. The van der Waals surface area contributed by atoms with Crippen LogP contribution in [0.5, 0.6) is 0 Å². The SMILES string of the molecule is Cn1c2ccc(-c3ccc4c(c3)c3c5ccccc5ccc3n4-c3ccccc3)cc2c2c3ccccc3ccc21. The summed E-state index contributed by atoms with van der Waals surface area (Å²) >= 11 is 0. The summed E-state index contributed by atoms with van der Waals surface area (Å²) in [4.78, 5) is 0. The second kappa shape index (κ2) is 8.33. The number of hydrogen-bond acceptors (Lipinski definition) is 0. The lowest BCUT2D eigenvalue weighted by molar-refractivity contribution is 1.01. The molecule has 0 radical (unpaired) electrons. The number of aromatic nitrogens is 2. The van der Waals surface area contributed by atoms with Gasteiger partial charge in [-0.15, -0.1) is 0 Å². The van der Waals surface area contributed by atoms with Gasteiger partial charge in [0.15, 0.2) is 0 Å². The topological polar surface area (TPSA) is 9.86 Å². The van der Waals surface area contributed by atoms with E-state index in [1.807, 2.05) is 0 Å². The maximum Gasteiger partial charge on any atom is 0.0547 e. The Labute approximate surface area is 237 Å². The lowest BCUT2D eigenvalue weighted by Crippen LogP contribution is -1.93. The molecular formula is C39H26N2. The minimum Gasteiger partial charge on any atom is -0.344 e. The quantitative estimate of drug-likeness (QED) is 0.214. The van der Waals surface area contributed by atoms with Crippen molar-refractivity contribution in [3.05, 3.63) is 140 Å². The average molecular weight is 523 g/mol. The molecule has 2 heterocycles. The maximum absolute atomic E-state index is 2.40. The monoisotopic (exact) mass is 522 g/mol. The Bertz CT molecular complexity index is 2470. The number of benzene rings is 7. The van der Waals surface area contributed by atoms with Crippen molar-refractivity contribution in [3.63, 3.8) is 0 Å². The Morgan fingerprint density at radius 2 is 0.902 bits per heavy atom. The van der Waals surface area contributed by atoms with E-state index >= 15 is 0 Å². The molecule has 0 spiro atoms. The van der Waals surface area contributed by atoms with Gasteiger partial charge in [0, 0.05) is 45.3 Å². The average Bonchev–Trinajstić information content (AvgIpc) is 3.53. The van der Waals surface area contributed by atoms with Crippen LogP contribution in [0.4, 0.5) is 0 Å². The Morgan fingerprint density at radius 1 is 0.390 bits per heavy atom. The van der Waals surface area contributed by atoms with Gasteiger partial charge >= 0.3 is 0 Å². The molecule has 0 aliphatic rings. The molecule has 9 aromatic rings. The van der Waals surface area contributed by atoms with Gasteiger partial charge in [-0.2, -0.15) is 0 Å². The van der Waals surface area contributed by atoms with E-state index in [1.54, 1.807) is 0 Å². The van der Waals surface area contributed by atoms with Gasteiger partial charge in [0.05, 0.1) is 11.0 Å². The Balaban J connectivity index is 1.36. The molecule has 0 unspecified atom stereocenters. The van der Waals surface area contributed by atoms with Crippen LogP contribution in [-0.2, 0) is 7.05 Å². The molecule has 0 N–H and O–H groups in total. The van der Waals surface area contributed by atoms with E-state index in [1.165, 1.54) is 82.0 Å². The summed E-state index contributed by atoms with van der Waals surface area (Å²) in [6, 6.07) is 51.1. The molecular weight excluding hydrogens is 496 g/mol. The first-order valence-corrected chi connectivity index (χ1v) is 14.2. The van der Waals surface area contributed by atoms with Crippen molar-refractivity contribution in [2.75, 3.05) is 0 Å². The number of aryl methyl sites for hydroxylation is 1. The summed E-state index contributed by atoms with van der Waals surface area (Å²) in [5.41, 5.74) is 8.63. The van der Waals surface area contributed by atoms with Gasteiger partial charge in [0.1, 0.15) is 0 Å². The molecule has 0 fully saturated rings. The Hall–Kier alpha value is -5.34. The van der Waals surface area contributed by atoms with Crippen LogP contribution in [-0.4, -0.2) is 9.13 Å². The highest BCUT2D eigenvalue weighted by atomic mass is 15.0. The fourth-order valence-corrected chi connectivity index (χ4v) is 6.99. The fraction of sp³-hybridized carbons (Fsp3) is 0.0256. The molecule has 7 aromatic carbocycles. The van der Waals surface area contributed by atoms with Crippen LogP contribution in [0.15, 0.2) is 140 Å². The smallest absolute Gasteiger partial charge is 0.0547 e. The lowest BCUT2D eigenvalue weighted by atomic mass is 9.98. The summed E-state index contributed by atoms with van der Waals surface area (Å²) in [5.74, 6) is 0. The molecule has 0 bridgehead atoms. The summed E-state index contributed by atoms with van der Waals surface area (Å²) in [6.07, 6.45) is 0. The molecule has 192 valence electrons. The second-order valence-electron chi connectivity index (χ2n) is 11.1. The summed E-state index contributed by atoms with van der Waals surface area (Å²) in [7, 11) is 2.18. The molecule has 0 amide bonds. The van der Waals surface area contributed by atoms with Crippen LogP contribution in [0.3, 0.4) is 0 Å². The van der Waals surface area contributed by atoms with Gasteiger partial charge in [0.2, 0.25) is 0 Å². The predicted molar refractivity (Wildman–Crippen MR) is 175 cm³/mol. The molecule has 2 heteroatoms. The molecule has 2 nitrogen and oxygen atoms in total. The second-order valence-corrected chi connectivity index (χ2v) is 11.1. The van der Waals surface area contributed by atoms with Crippen molar-refractivity contribution in [1.82, 2.24) is 9.13 Å². The minimum absolute atomic E-state index is 1.18. The van der Waals surface area contributed by atoms with Crippen molar-refractivity contribution >= 4 is 65.2 Å². The van der Waals surface area contributed by atoms with Crippen molar-refractivity contribution in [2.45, 2.75) is 0 Å². The molecule has 0 saturated heterocycles. The van der Waals surface area contributed by atoms with E-state index in [0.29, 0.717) is 0 Å². The van der Waals surface area contributed by atoms with E-state index in [4.69, 9.17) is 0 Å². The van der Waals surface area contributed by atoms with Gasteiger partial charge < -0.3 is 9.13 Å². The zero-order valence-electron chi connectivity index (χ0n) is 22.7. The summed E-state index contributed by atoms with van der Waals surface area (Å²) in [5, 5.41) is 10.4. The molecule has 0 aliphatic carbocycles. The molecule has 0 aliphatic heterocycles. The van der Waals surface area contributed by atoms with Crippen molar-refractivity contribution in [2.24, 2.45) is 7.05 Å². The molecule has 2 aromatic heterocycles. The third-order valence-electron chi connectivity index (χ3n) is 8.90. The van der Waals surface area contributed by atoms with E-state index in [9.17, 15) is 0 Å². The van der Waals surface area contributed by atoms with Crippen LogP contribution in [0.2, 0.25) is 0 Å². The van der Waals surface area contributed by atoms with Crippen LogP contribution in [0, 0.1) is 0 Å². The van der Waals surface area contributed by atoms with Crippen molar-refractivity contribution in [3.8, 4) is 16.8 Å². The number of hydrogen-bond donors (Lipinski definition) is 0. The maximum atomic E-state index is 2.40. The van der Waals surface area contributed by atoms with Crippen molar-refractivity contribution in [1.29, 1.82) is 0 Å². The summed E-state index contributed by atoms with van der Waals surface area (Å²) in [6.45, 7) is 0. The highest BCUT2D eigenvalue weighted by Crippen LogP contribution is 2.40. The van der Waals surface area contributed by atoms with E-state index in [2.05, 4.69) is 156 Å². The first kappa shape index (κ1) is 22.5. The number of fused-ring (bicyclic) bond motifs is 10. The van der Waals surface area contributed by atoms with E-state index < -0.39 is 0 Å². The predicted octanol–water partition coefficient (Wildman–Crippen LogP) is 10.4. The van der Waals surface area contributed by atoms with Gasteiger partial charge in [-0.3, -0.25) is 0 Å². The molecule has 9 rings (SSSR count). The Kier molecular flexibility index (Phi) is 4.57. The molecule has 0 atom stereocenters. The molecule has 0 saturated carbocycles. The third-order valence-corrected chi connectivity index (χ3v) is 8.90. The first-order valence-electron chi connectivity index (χ1n) is 14.2. The van der Waals surface area contributed by atoms with Gasteiger partial charge in [0.25, 0.3) is 0 Å². The van der Waals surface area contributed by atoms with Crippen LogP contribution >= 0.6 is 0 Å². The van der Waals surface area contributed by atoms with Crippen molar-refractivity contribution < 1.29 is 0 Å². The van der Waals surface area contributed by atoms with Crippen LogP contribution in [0.1, 0.15) is 0 Å². The zero-order chi connectivity index (χ0) is 27.1. The van der Waals surface area contributed by atoms with E-state index in [0.717, 1.165) is 0 Å². The summed E-state index contributed by atoms with van der Waals surface area (Å²) < 4.78 is 4.73. The Morgan fingerprint density at radius 3 is 1.59 bits per heavy atom. The standard InChI is InChI=1S/C39H26N2/c1-40-34-19-17-27(23-32(34)38-30-13-7-5-9-25(30)15-21-36(38)40)28-18-20-35-33(24-28)39-31-14-8-6-10-26(31)16-22-37(39)41(35)29-11-3-2-4-12-29/h2-24H,1H3. The molecule has 41 heavy (non-hydrogen) atoms. The minimum atomic E-state index is 1.18. The highest BCUT2D eigenvalue weighted by Gasteiger charge is 2.17. The normalized spacial score (nSPS) is 12.0. The van der Waals surface area contributed by atoms with E-state index in [-0.39, 0.29) is 0 Å². The van der Waals surface area contributed by atoms with Crippen LogP contribution < -0.4 is 0 Å². The number of rotatable bonds is 2. The fourth-order valence-electron chi connectivity index (χ4n) is 6.99. The lowest BCUT2D eigenvalue weighted by Gasteiger charge is -2.08. The number of para-hydroxylation sites is 1. The van der Waals surface area contributed by atoms with Gasteiger partial charge in [-0.1, -0.05) is 91.0 Å². The van der Waals surface area contributed by atoms with Crippen LogP contribution in [0.25, 0.3) is 82.0 Å². The number of nitrogens with zero attached hydrogens (tertiary/aromatic N) is 2. The van der Waals surface area contributed by atoms with Gasteiger partial charge in [-0.25, -0.2) is 0 Å². The van der Waals surface area contributed by atoms with Gasteiger partial charge in [-0.05, 0) is 81.2 Å². The third kappa shape index (κ3) is 3.13. The first-order chi connectivity index (χ1) is 20.3.